The predicted molar refractivity (Wildman–Crippen MR) is 60.4 cm³/mol. The topological polar surface area (TPSA) is 58.3 Å². The lowest BCUT2D eigenvalue weighted by atomic mass is 10.1. The van der Waals surface area contributed by atoms with E-state index in [1.807, 2.05) is 12.1 Å². The van der Waals surface area contributed by atoms with E-state index in [9.17, 15) is 5.11 Å². The van der Waals surface area contributed by atoms with Crippen molar-refractivity contribution in [1.29, 1.82) is 0 Å². The largest absolute Gasteiger partial charge is 0.392 e. The Labute approximate surface area is 90.3 Å². The number of benzene rings is 1. The Morgan fingerprint density at radius 1 is 1.47 bits per heavy atom. The first-order chi connectivity index (χ1) is 7.18. The highest BCUT2D eigenvalue weighted by molar-refractivity contribution is 5.37. The lowest BCUT2D eigenvalue weighted by Crippen LogP contribution is -2.27. The van der Waals surface area contributed by atoms with Crippen LogP contribution in [0.1, 0.15) is 36.6 Å². The molecule has 0 aromatic heterocycles. The summed E-state index contributed by atoms with van der Waals surface area (Å²) in [5.41, 5.74) is 8.56. The standard InChI is InChI=1S/C12H18N2O/c1-8(15)7-14-12-6-11(13)9-4-2-3-5-10(9)12/h2-5,8,11-12,14-15H,6-7,13H2,1H3. The maximum absolute atomic E-state index is 9.23. The Morgan fingerprint density at radius 3 is 2.80 bits per heavy atom. The van der Waals surface area contributed by atoms with Crippen LogP contribution in [0.15, 0.2) is 24.3 Å². The third kappa shape index (κ3) is 2.20. The molecule has 3 nitrogen and oxygen atoms in total. The molecular weight excluding hydrogens is 188 g/mol. The number of hydrogen-bond donors (Lipinski definition) is 3. The van der Waals surface area contributed by atoms with Crippen LogP contribution < -0.4 is 11.1 Å². The normalized spacial score (nSPS) is 26.3. The SMILES string of the molecule is CC(O)CNC1CC(N)c2ccccc21. The van der Waals surface area contributed by atoms with Crippen molar-refractivity contribution in [1.82, 2.24) is 5.32 Å². The summed E-state index contributed by atoms with van der Waals surface area (Å²) in [6.45, 7) is 2.40. The van der Waals surface area contributed by atoms with E-state index in [-0.39, 0.29) is 12.1 Å². The molecular formula is C12H18N2O. The van der Waals surface area contributed by atoms with Gasteiger partial charge in [-0.1, -0.05) is 24.3 Å². The summed E-state index contributed by atoms with van der Waals surface area (Å²) in [5, 5.41) is 12.6. The summed E-state index contributed by atoms with van der Waals surface area (Å²) in [4.78, 5) is 0. The van der Waals surface area contributed by atoms with Crippen LogP contribution in [0.2, 0.25) is 0 Å². The maximum Gasteiger partial charge on any atom is 0.0636 e. The fraction of sp³-hybridized carbons (Fsp3) is 0.500. The summed E-state index contributed by atoms with van der Waals surface area (Å²) in [7, 11) is 0. The van der Waals surface area contributed by atoms with Gasteiger partial charge in [-0.05, 0) is 24.5 Å². The lowest BCUT2D eigenvalue weighted by molar-refractivity contribution is 0.185. The van der Waals surface area contributed by atoms with E-state index in [0.717, 1.165) is 6.42 Å². The second-order valence-corrected chi connectivity index (χ2v) is 4.28. The van der Waals surface area contributed by atoms with E-state index in [1.54, 1.807) is 6.92 Å². The molecule has 3 heteroatoms. The van der Waals surface area contributed by atoms with Crippen LogP contribution in [0.4, 0.5) is 0 Å². The summed E-state index contributed by atoms with van der Waals surface area (Å²) in [6.07, 6.45) is 0.612. The van der Waals surface area contributed by atoms with Crippen LogP contribution >= 0.6 is 0 Å². The molecule has 0 saturated heterocycles. The maximum atomic E-state index is 9.23. The zero-order valence-electron chi connectivity index (χ0n) is 8.98. The van der Waals surface area contributed by atoms with E-state index in [2.05, 4.69) is 17.4 Å². The van der Waals surface area contributed by atoms with Crippen molar-refractivity contribution in [3.63, 3.8) is 0 Å². The average molecular weight is 206 g/mol. The molecule has 1 aromatic rings. The molecule has 0 spiro atoms. The Morgan fingerprint density at radius 2 is 2.13 bits per heavy atom. The van der Waals surface area contributed by atoms with Crippen LogP contribution in [0.5, 0.6) is 0 Å². The number of nitrogens with two attached hydrogens (primary N) is 1. The van der Waals surface area contributed by atoms with Gasteiger partial charge in [0.2, 0.25) is 0 Å². The van der Waals surface area contributed by atoms with Crippen LogP contribution in [-0.2, 0) is 0 Å². The van der Waals surface area contributed by atoms with E-state index in [4.69, 9.17) is 5.73 Å². The first-order valence-electron chi connectivity index (χ1n) is 5.44. The minimum Gasteiger partial charge on any atom is -0.392 e. The van der Waals surface area contributed by atoms with Crippen molar-refractivity contribution in [3.05, 3.63) is 35.4 Å². The summed E-state index contributed by atoms with van der Waals surface area (Å²) >= 11 is 0. The quantitative estimate of drug-likeness (QED) is 0.694. The summed E-state index contributed by atoms with van der Waals surface area (Å²) in [6, 6.07) is 8.69. The molecule has 0 aliphatic heterocycles. The average Bonchev–Trinajstić information content (AvgIpc) is 2.54. The third-order valence-corrected chi connectivity index (χ3v) is 2.92. The molecule has 0 radical (unpaired) electrons. The molecule has 2 rings (SSSR count). The fourth-order valence-electron chi connectivity index (χ4n) is 2.18. The van der Waals surface area contributed by atoms with Crippen LogP contribution in [0, 0.1) is 0 Å². The van der Waals surface area contributed by atoms with Crippen LogP contribution in [0.25, 0.3) is 0 Å². The van der Waals surface area contributed by atoms with Gasteiger partial charge in [0.15, 0.2) is 0 Å². The molecule has 3 unspecified atom stereocenters. The van der Waals surface area contributed by atoms with E-state index in [1.165, 1.54) is 11.1 Å². The van der Waals surface area contributed by atoms with Crippen LogP contribution in [0.3, 0.4) is 0 Å². The smallest absolute Gasteiger partial charge is 0.0636 e. The summed E-state index contributed by atoms with van der Waals surface area (Å²) in [5.74, 6) is 0. The minimum atomic E-state index is -0.311. The highest BCUT2D eigenvalue weighted by Crippen LogP contribution is 2.36. The van der Waals surface area contributed by atoms with Crippen molar-refractivity contribution < 1.29 is 5.11 Å². The molecule has 1 aliphatic rings. The first-order valence-corrected chi connectivity index (χ1v) is 5.44. The second-order valence-electron chi connectivity index (χ2n) is 4.28. The van der Waals surface area contributed by atoms with E-state index in [0.29, 0.717) is 12.6 Å². The lowest BCUT2D eigenvalue weighted by Gasteiger charge is -2.15. The van der Waals surface area contributed by atoms with Gasteiger partial charge in [-0.25, -0.2) is 0 Å². The van der Waals surface area contributed by atoms with Gasteiger partial charge in [0.05, 0.1) is 6.10 Å². The summed E-state index contributed by atoms with van der Waals surface area (Å²) < 4.78 is 0. The number of aliphatic hydroxyl groups excluding tert-OH is 1. The Balaban J connectivity index is 2.11. The van der Waals surface area contributed by atoms with Crippen molar-refractivity contribution in [3.8, 4) is 0 Å². The number of rotatable bonds is 3. The highest BCUT2D eigenvalue weighted by atomic mass is 16.3. The van der Waals surface area contributed by atoms with Gasteiger partial charge in [-0.15, -0.1) is 0 Å². The van der Waals surface area contributed by atoms with Gasteiger partial charge in [0, 0.05) is 18.6 Å². The molecule has 3 atom stereocenters. The molecule has 1 aliphatic carbocycles. The molecule has 4 N–H and O–H groups in total. The van der Waals surface area contributed by atoms with E-state index >= 15 is 0 Å². The number of hydrogen-bond acceptors (Lipinski definition) is 3. The molecule has 0 heterocycles. The monoisotopic (exact) mass is 206 g/mol. The Kier molecular flexibility index (Phi) is 3.05. The Bertz CT molecular complexity index is 338. The van der Waals surface area contributed by atoms with Gasteiger partial charge >= 0.3 is 0 Å². The van der Waals surface area contributed by atoms with Gasteiger partial charge < -0.3 is 16.2 Å². The molecule has 15 heavy (non-hydrogen) atoms. The van der Waals surface area contributed by atoms with Crippen LogP contribution in [-0.4, -0.2) is 17.8 Å². The van der Waals surface area contributed by atoms with Crippen molar-refractivity contribution in [2.45, 2.75) is 31.5 Å². The van der Waals surface area contributed by atoms with Gasteiger partial charge in [0.25, 0.3) is 0 Å². The molecule has 0 fully saturated rings. The van der Waals surface area contributed by atoms with Crippen molar-refractivity contribution >= 4 is 0 Å². The molecule has 0 amide bonds. The number of nitrogens with one attached hydrogen (secondary N) is 1. The van der Waals surface area contributed by atoms with Gasteiger partial charge in [-0.3, -0.25) is 0 Å². The second kappa shape index (κ2) is 4.31. The highest BCUT2D eigenvalue weighted by Gasteiger charge is 2.27. The van der Waals surface area contributed by atoms with E-state index < -0.39 is 0 Å². The number of fused-ring (bicyclic) bond motifs is 1. The van der Waals surface area contributed by atoms with Gasteiger partial charge in [0.1, 0.15) is 0 Å². The fourth-order valence-corrected chi connectivity index (χ4v) is 2.18. The zero-order chi connectivity index (χ0) is 10.8. The first kappa shape index (κ1) is 10.6. The molecule has 82 valence electrons. The molecule has 1 aromatic carbocycles. The van der Waals surface area contributed by atoms with Crippen molar-refractivity contribution in [2.75, 3.05) is 6.54 Å². The third-order valence-electron chi connectivity index (χ3n) is 2.92. The number of aliphatic hydroxyl groups is 1. The van der Waals surface area contributed by atoms with Crippen molar-refractivity contribution in [2.24, 2.45) is 5.73 Å². The predicted octanol–water partition coefficient (Wildman–Crippen LogP) is 1.10. The zero-order valence-corrected chi connectivity index (χ0v) is 8.98. The molecule has 0 saturated carbocycles. The molecule has 0 bridgehead atoms. The minimum absolute atomic E-state index is 0.132. The van der Waals surface area contributed by atoms with Gasteiger partial charge in [-0.2, -0.15) is 0 Å². The Hall–Kier alpha value is -0.900.